The highest BCUT2D eigenvalue weighted by atomic mass is 16.6. The molecule has 0 radical (unpaired) electrons. The van der Waals surface area contributed by atoms with Gasteiger partial charge in [-0.15, -0.1) is 0 Å². The van der Waals surface area contributed by atoms with Crippen molar-refractivity contribution in [2.75, 3.05) is 13.2 Å². The van der Waals surface area contributed by atoms with Crippen LogP contribution in [0.3, 0.4) is 0 Å². The summed E-state index contributed by atoms with van der Waals surface area (Å²) >= 11 is 0. The molecule has 1 saturated heterocycles. The molecular formula is C31H35NO5. The number of hydrogen-bond donors (Lipinski definition) is 0. The lowest BCUT2D eigenvalue weighted by molar-refractivity contribution is -0.219. The molecule has 4 atom stereocenters. The summed E-state index contributed by atoms with van der Waals surface area (Å²) in [5.74, 6) is -0.127. The molecule has 0 spiro atoms. The Morgan fingerprint density at radius 3 is 1.81 bits per heavy atom. The normalized spacial score (nSPS) is 21.3. The standard InChI is InChI=1S/C31H35NO5/c1-3-32(24(2)33)28-22-35-29(23-34-19-25-13-7-4-8-14-25)31(37-21-27-17-11-6-12-18-27)30(28)36-20-26-15-9-5-10-16-26/h3-18,28-31H,1,19-23H2,2H3/t28-,29-,30-,31+/m1/s1. The molecular weight excluding hydrogens is 466 g/mol. The maximum Gasteiger partial charge on any atom is 0.223 e. The molecule has 0 saturated carbocycles. The molecule has 0 N–H and O–H groups in total. The maximum absolute atomic E-state index is 12.5. The van der Waals surface area contributed by atoms with E-state index in [4.69, 9.17) is 18.9 Å². The zero-order valence-corrected chi connectivity index (χ0v) is 21.3. The number of ether oxygens (including phenoxy) is 4. The fourth-order valence-electron chi connectivity index (χ4n) is 4.53. The van der Waals surface area contributed by atoms with Crippen molar-refractivity contribution >= 4 is 5.91 Å². The van der Waals surface area contributed by atoms with Crippen molar-refractivity contribution < 1.29 is 23.7 Å². The van der Waals surface area contributed by atoms with Crippen LogP contribution in [0.25, 0.3) is 0 Å². The Morgan fingerprint density at radius 2 is 1.32 bits per heavy atom. The van der Waals surface area contributed by atoms with Gasteiger partial charge >= 0.3 is 0 Å². The number of nitrogens with zero attached hydrogens (tertiary/aromatic N) is 1. The van der Waals surface area contributed by atoms with Crippen LogP contribution in [-0.2, 0) is 43.6 Å². The van der Waals surface area contributed by atoms with Gasteiger partial charge in [-0.3, -0.25) is 4.79 Å². The molecule has 1 heterocycles. The van der Waals surface area contributed by atoms with Crippen molar-refractivity contribution in [3.63, 3.8) is 0 Å². The second-order valence-corrected chi connectivity index (χ2v) is 9.07. The lowest BCUT2D eigenvalue weighted by atomic mass is 9.96. The SMILES string of the molecule is C=CN(C(C)=O)[C@@H]1CO[C@H](COCc2ccccc2)[C@H](OCc2ccccc2)[C@@H]1OCc1ccccc1. The molecule has 1 aliphatic rings. The molecule has 1 aliphatic heterocycles. The van der Waals surface area contributed by atoms with Crippen molar-refractivity contribution in [2.45, 2.75) is 51.1 Å². The molecule has 1 amide bonds. The summed E-state index contributed by atoms with van der Waals surface area (Å²) in [5.41, 5.74) is 3.17. The van der Waals surface area contributed by atoms with Gasteiger partial charge in [0, 0.05) is 13.1 Å². The van der Waals surface area contributed by atoms with Crippen molar-refractivity contribution in [3.05, 3.63) is 120 Å². The largest absolute Gasteiger partial charge is 0.374 e. The molecule has 0 bridgehead atoms. The van der Waals surface area contributed by atoms with Crippen LogP contribution in [0.15, 0.2) is 104 Å². The minimum absolute atomic E-state index is 0.127. The summed E-state index contributed by atoms with van der Waals surface area (Å²) < 4.78 is 25.3. The van der Waals surface area contributed by atoms with Gasteiger partial charge in [-0.1, -0.05) is 97.6 Å². The van der Waals surface area contributed by atoms with E-state index in [2.05, 4.69) is 6.58 Å². The van der Waals surface area contributed by atoms with Crippen LogP contribution in [0, 0.1) is 0 Å². The first kappa shape index (κ1) is 26.8. The highest BCUT2D eigenvalue weighted by Gasteiger charge is 2.45. The summed E-state index contributed by atoms with van der Waals surface area (Å²) in [6.45, 7) is 7.24. The van der Waals surface area contributed by atoms with Gasteiger partial charge in [0.1, 0.15) is 18.3 Å². The third-order valence-electron chi connectivity index (χ3n) is 6.43. The van der Waals surface area contributed by atoms with E-state index in [1.165, 1.54) is 13.1 Å². The van der Waals surface area contributed by atoms with Crippen molar-refractivity contribution in [2.24, 2.45) is 0 Å². The summed E-state index contributed by atoms with van der Waals surface area (Å²) in [7, 11) is 0. The van der Waals surface area contributed by atoms with Gasteiger partial charge in [-0.2, -0.15) is 0 Å². The Morgan fingerprint density at radius 1 is 0.838 bits per heavy atom. The molecule has 194 valence electrons. The number of carbonyl (C=O) groups excluding carboxylic acids is 1. The lowest BCUT2D eigenvalue weighted by Gasteiger charge is -2.45. The maximum atomic E-state index is 12.5. The van der Waals surface area contributed by atoms with Gasteiger partial charge in [0.05, 0.1) is 39.1 Å². The second-order valence-electron chi connectivity index (χ2n) is 9.07. The predicted octanol–water partition coefficient (Wildman–Crippen LogP) is 5.13. The second kappa shape index (κ2) is 13.9. The first-order valence-corrected chi connectivity index (χ1v) is 12.6. The molecule has 37 heavy (non-hydrogen) atoms. The average molecular weight is 502 g/mol. The summed E-state index contributed by atoms with van der Waals surface area (Å²) in [6, 6.07) is 29.6. The molecule has 1 fully saturated rings. The zero-order valence-electron chi connectivity index (χ0n) is 21.3. The summed E-state index contributed by atoms with van der Waals surface area (Å²) in [4.78, 5) is 14.0. The van der Waals surface area contributed by atoms with Crippen LogP contribution in [-0.4, -0.2) is 48.4 Å². The van der Waals surface area contributed by atoms with Crippen LogP contribution in [0.4, 0.5) is 0 Å². The van der Waals surface area contributed by atoms with Crippen LogP contribution >= 0.6 is 0 Å². The third kappa shape index (κ3) is 7.60. The van der Waals surface area contributed by atoms with Crippen LogP contribution in [0.1, 0.15) is 23.6 Å². The minimum atomic E-state index is -0.472. The summed E-state index contributed by atoms with van der Waals surface area (Å²) in [5, 5.41) is 0. The van der Waals surface area contributed by atoms with E-state index in [9.17, 15) is 4.79 Å². The molecule has 3 aromatic carbocycles. The highest BCUT2D eigenvalue weighted by Crippen LogP contribution is 2.28. The van der Waals surface area contributed by atoms with Crippen LogP contribution in [0.5, 0.6) is 0 Å². The van der Waals surface area contributed by atoms with E-state index in [0.717, 1.165) is 16.7 Å². The third-order valence-corrected chi connectivity index (χ3v) is 6.43. The predicted molar refractivity (Wildman–Crippen MR) is 142 cm³/mol. The van der Waals surface area contributed by atoms with E-state index in [-0.39, 0.29) is 24.7 Å². The number of hydrogen-bond acceptors (Lipinski definition) is 5. The minimum Gasteiger partial charge on any atom is -0.374 e. The van der Waals surface area contributed by atoms with Gasteiger partial charge in [-0.05, 0) is 16.7 Å². The Hall–Kier alpha value is -3.29. The molecule has 6 heteroatoms. The molecule has 0 aliphatic carbocycles. The topological polar surface area (TPSA) is 57.2 Å². The van der Waals surface area contributed by atoms with Gasteiger partial charge in [-0.25, -0.2) is 0 Å². The Labute approximate surface area is 219 Å². The number of rotatable bonds is 12. The molecule has 3 aromatic rings. The van der Waals surface area contributed by atoms with E-state index >= 15 is 0 Å². The Bertz CT molecular complexity index is 1090. The van der Waals surface area contributed by atoms with Crippen LogP contribution in [0.2, 0.25) is 0 Å². The van der Waals surface area contributed by atoms with Gasteiger partial charge < -0.3 is 23.8 Å². The fraction of sp³-hybridized carbons (Fsp3) is 0.323. The number of carbonyl (C=O) groups is 1. The first-order chi connectivity index (χ1) is 18.2. The van der Waals surface area contributed by atoms with E-state index in [0.29, 0.717) is 26.4 Å². The quantitative estimate of drug-likeness (QED) is 0.344. The van der Waals surface area contributed by atoms with Gasteiger partial charge in [0.2, 0.25) is 5.91 Å². The smallest absolute Gasteiger partial charge is 0.223 e. The van der Waals surface area contributed by atoms with Crippen molar-refractivity contribution in [3.8, 4) is 0 Å². The zero-order chi connectivity index (χ0) is 25.9. The number of benzene rings is 3. The highest BCUT2D eigenvalue weighted by molar-refractivity contribution is 5.74. The molecule has 0 aromatic heterocycles. The Kier molecular flexibility index (Phi) is 10.0. The van der Waals surface area contributed by atoms with Crippen molar-refractivity contribution in [1.82, 2.24) is 4.90 Å². The summed E-state index contributed by atoms with van der Waals surface area (Å²) in [6.07, 6.45) is 0.239. The molecule has 4 rings (SSSR count). The average Bonchev–Trinajstić information content (AvgIpc) is 2.93. The van der Waals surface area contributed by atoms with Gasteiger partial charge in [0.25, 0.3) is 0 Å². The van der Waals surface area contributed by atoms with Crippen molar-refractivity contribution in [1.29, 1.82) is 0 Å². The van der Waals surface area contributed by atoms with Gasteiger partial charge in [0.15, 0.2) is 0 Å². The molecule has 0 unspecified atom stereocenters. The first-order valence-electron chi connectivity index (χ1n) is 12.6. The lowest BCUT2D eigenvalue weighted by Crippen LogP contribution is -2.61. The Balaban J connectivity index is 1.55. The molecule has 6 nitrogen and oxygen atoms in total. The van der Waals surface area contributed by atoms with E-state index in [1.807, 2.05) is 91.0 Å². The van der Waals surface area contributed by atoms with E-state index < -0.39 is 12.2 Å². The van der Waals surface area contributed by atoms with Crippen LogP contribution < -0.4 is 0 Å². The monoisotopic (exact) mass is 501 g/mol. The fourth-order valence-corrected chi connectivity index (χ4v) is 4.53. The number of amides is 1. The van der Waals surface area contributed by atoms with E-state index in [1.54, 1.807) is 4.90 Å².